The van der Waals surface area contributed by atoms with Crippen LogP contribution in [-0.2, 0) is 104 Å². The van der Waals surface area contributed by atoms with Crippen LogP contribution < -0.4 is 0 Å². The molecular formula is C78H148O23. The summed E-state index contributed by atoms with van der Waals surface area (Å²) >= 11 is 0. The number of esters is 3. The Morgan fingerprint density at radius 1 is 0.337 bits per heavy atom. The van der Waals surface area contributed by atoms with Crippen LogP contribution >= 0.6 is 0 Å². The lowest BCUT2D eigenvalue weighted by molar-refractivity contribution is -0.251. The molecule has 8 saturated heterocycles. The van der Waals surface area contributed by atoms with Crippen molar-refractivity contribution in [1.82, 2.24) is 0 Å². The van der Waals surface area contributed by atoms with Crippen LogP contribution in [0.5, 0.6) is 0 Å². The Morgan fingerprint density at radius 3 is 0.743 bits per heavy atom. The molecule has 8 aliphatic rings. The van der Waals surface area contributed by atoms with Gasteiger partial charge in [-0.2, -0.15) is 0 Å². The van der Waals surface area contributed by atoms with Crippen LogP contribution in [-0.4, -0.2) is 221 Å². The average Bonchev–Trinajstić information content (AvgIpc) is 1.62. The van der Waals surface area contributed by atoms with Gasteiger partial charge in [-0.15, -0.1) is 0 Å². The third-order valence-electron chi connectivity index (χ3n) is 22.9. The standard InChI is InChI=1S/5C13H24O4.C12H24O3.CH4/c2*1-7-13(8(2)3)10(14-6)9-11(17-13)16-12(4,5)15-9;3*1-7-13(8(2)3)12(15-6)11(9(4)17-13)16-10(5)14;1-7(2)12(8(3)4)11(14-6)10(13)9(5)15-12;/h2*8-11H,7H2,1-6H3;3*8-9,11-12H,7H2,1-6H3;7-11,13H,1-6H3;1H4/t2*9-,10+,11+,13+;9-,11+,12-,13-;2*9-,11-,12-,13-;9-,10+,11-;/m110000./s1. The maximum atomic E-state index is 11.1. The fourth-order valence-corrected chi connectivity index (χ4v) is 17.6. The molecular weight excluding hydrogens is 1300 g/mol. The van der Waals surface area contributed by atoms with E-state index < -0.39 is 17.7 Å². The minimum Gasteiger partial charge on any atom is -0.457 e. The van der Waals surface area contributed by atoms with Crippen LogP contribution in [0.3, 0.4) is 0 Å². The molecule has 8 aliphatic heterocycles. The highest BCUT2D eigenvalue weighted by atomic mass is 16.9. The Morgan fingerprint density at radius 2 is 0.564 bits per heavy atom. The van der Waals surface area contributed by atoms with Gasteiger partial charge in [0.05, 0.1) is 24.4 Å². The molecule has 23 atom stereocenters. The molecule has 0 aromatic heterocycles. The zero-order valence-corrected chi connectivity index (χ0v) is 68.9. The van der Waals surface area contributed by atoms with Gasteiger partial charge in [-0.05, 0) is 129 Å². The Balaban J connectivity index is 0.000000411. The molecule has 8 heterocycles. The molecule has 0 radical (unpaired) electrons. The Hall–Kier alpha value is -2.27. The first-order chi connectivity index (χ1) is 46.2. The molecule has 0 amide bonds. The summed E-state index contributed by atoms with van der Waals surface area (Å²) in [7, 11) is 10.0. The van der Waals surface area contributed by atoms with E-state index in [1.54, 1.807) is 42.7 Å². The van der Waals surface area contributed by atoms with Gasteiger partial charge in [0, 0.05) is 63.4 Å². The number of aliphatic hydroxyl groups is 1. The molecule has 0 spiro atoms. The van der Waals surface area contributed by atoms with E-state index in [1.807, 2.05) is 55.4 Å². The second-order valence-corrected chi connectivity index (χ2v) is 31.6. The van der Waals surface area contributed by atoms with E-state index in [0.29, 0.717) is 41.4 Å². The van der Waals surface area contributed by atoms with Gasteiger partial charge >= 0.3 is 17.9 Å². The van der Waals surface area contributed by atoms with Crippen molar-refractivity contribution >= 4 is 17.9 Å². The van der Waals surface area contributed by atoms with E-state index in [-0.39, 0.29) is 163 Å². The molecule has 0 aromatic rings. The number of fused-ring (bicyclic) bond motifs is 2. The van der Waals surface area contributed by atoms with Crippen LogP contribution in [0.15, 0.2) is 0 Å². The Kier molecular flexibility index (Phi) is 36.3. The van der Waals surface area contributed by atoms with Crippen LogP contribution in [0.2, 0.25) is 0 Å². The smallest absolute Gasteiger partial charge is 0.303 e. The summed E-state index contributed by atoms with van der Waals surface area (Å²) in [6.07, 6.45) is 0.413. The fourth-order valence-electron chi connectivity index (χ4n) is 17.6. The van der Waals surface area contributed by atoms with Crippen molar-refractivity contribution in [3.63, 3.8) is 0 Å². The van der Waals surface area contributed by atoms with Gasteiger partial charge in [0.25, 0.3) is 0 Å². The summed E-state index contributed by atoms with van der Waals surface area (Å²) in [5, 5.41) is 10.0. The summed E-state index contributed by atoms with van der Waals surface area (Å²) in [6.45, 7) is 59.8. The van der Waals surface area contributed by atoms with Gasteiger partial charge in [-0.25, -0.2) is 0 Å². The van der Waals surface area contributed by atoms with Crippen LogP contribution in [0.4, 0.5) is 0 Å². The topological polar surface area (TPSA) is 247 Å². The second-order valence-electron chi connectivity index (χ2n) is 31.6. The van der Waals surface area contributed by atoms with Gasteiger partial charge in [0.2, 0.25) is 0 Å². The van der Waals surface area contributed by atoms with E-state index in [4.69, 9.17) is 90.0 Å². The first-order valence-electron chi connectivity index (χ1n) is 37.4. The number of rotatable bonds is 21. The summed E-state index contributed by atoms with van der Waals surface area (Å²) in [6, 6.07) is 0. The quantitative estimate of drug-likeness (QED) is 0.0828. The summed E-state index contributed by atoms with van der Waals surface area (Å²) in [4.78, 5) is 33.4. The molecule has 0 bridgehead atoms. The number of ether oxygens (including phenoxy) is 19. The molecule has 0 saturated carbocycles. The van der Waals surface area contributed by atoms with Crippen LogP contribution in [0.1, 0.15) is 247 Å². The highest BCUT2D eigenvalue weighted by molar-refractivity contribution is 5.67. The van der Waals surface area contributed by atoms with Crippen molar-refractivity contribution in [2.75, 3.05) is 42.7 Å². The molecule has 23 heteroatoms. The normalized spacial score (nSPS) is 39.1. The number of methoxy groups -OCH3 is 6. The number of hydrogen-bond donors (Lipinski definition) is 1. The van der Waals surface area contributed by atoms with Crippen molar-refractivity contribution in [2.24, 2.45) is 41.4 Å². The van der Waals surface area contributed by atoms with E-state index in [0.717, 1.165) is 32.1 Å². The van der Waals surface area contributed by atoms with Crippen molar-refractivity contribution in [1.29, 1.82) is 0 Å². The number of hydrogen-bond acceptors (Lipinski definition) is 23. The summed E-state index contributed by atoms with van der Waals surface area (Å²) < 4.78 is 109. The minimum absolute atomic E-state index is 0. The van der Waals surface area contributed by atoms with Gasteiger partial charge in [0.15, 0.2) is 42.5 Å². The monoisotopic (exact) mass is 1450 g/mol. The fraction of sp³-hybridized carbons (Fsp3) is 0.962. The molecule has 0 aromatic carbocycles. The lowest BCUT2D eigenvalue weighted by atomic mass is 9.75. The van der Waals surface area contributed by atoms with Crippen molar-refractivity contribution < 1.29 is 109 Å². The lowest BCUT2D eigenvalue weighted by Gasteiger charge is -2.41. The first kappa shape index (κ1) is 94.8. The Bertz CT molecular complexity index is 2270. The predicted molar refractivity (Wildman–Crippen MR) is 388 cm³/mol. The third kappa shape index (κ3) is 19.8. The zero-order chi connectivity index (χ0) is 77.1. The molecule has 8 fully saturated rings. The number of aliphatic hydroxyl groups excluding tert-OH is 1. The highest BCUT2D eigenvalue weighted by Gasteiger charge is 2.65. The molecule has 101 heavy (non-hydrogen) atoms. The van der Waals surface area contributed by atoms with Crippen LogP contribution in [0, 0.1) is 41.4 Å². The predicted octanol–water partition coefficient (Wildman–Crippen LogP) is 13.6. The molecule has 598 valence electrons. The van der Waals surface area contributed by atoms with Gasteiger partial charge < -0.3 is 95.1 Å². The van der Waals surface area contributed by atoms with Gasteiger partial charge in [-0.3, -0.25) is 14.4 Å². The average molecular weight is 1450 g/mol. The molecule has 0 aliphatic carbocycles. The second kappa shape index (κ2) is 38.7. The molecule has 23 nitrogen and oxygen atoms in total. The van der Waals surface area contributed by atoms with Crippen molar-refractivity contribution in [2.45, 2.75) is 403 Å². The Labute approximate surface area is 611 Å². The van der Waals surface area contributed by atoms with E-state index in [1.165, 1.54) is 20.8 Å². The van der Waals surface area contributed by atoms with E-state index in [9.17, 15) is 19.5 Å². The SMILES string of the molecule is C.CC[C@@]1(C(C)C)O[C@@H](C)[C@@H](OC(C)=O)[C@@H]1OC.CC[C@@]1(C(C)C)O[C@@H](C)[C@H](OC(C)=O)[C@@H]1OC.CC[C@@]1(C(C)C)O[C@@H](C)[C@H](OC(C)=O)[C@@H]1OC.CC[C@@]1(C(C)C)O[C@@H]2OC(C)(C)O[C@@H]2[C@@H]1OC.CC[C@@]1(C(C)C)O[C@@H]2OC(C)(C)O[C@@H]2[C@@H]1OC.CO[C@H]1[C@H](O)[C@H](C)OC1(C(C)C)C(C)C. The molecule has 0 unspecified atom stereocenters. The summed E-state index contributed by atoms with van der Waals surface area (Å²) in [5.74, 6) is 0.253. The molecule has 1 N–H and O–H groups in total. The zero-order valence-electron chi connectivity index (χ0n) is 68.9. The largest absolute Gasteiger partial charge is 0.457 e. The highest BCUT2D eigenvalue weighted by Crippen LogP contribution is 2.51. The van der Waals surface area contributed by atoms with E-state index in [2.05, 4.69) is 132 Å². The maximum absolute atomic E-state index is 11.1. The number of carbonyl (C=O) groups is 3. The minimum atomic E-state index is -0.580. The number of carbonyl (C=O) groups excluding carboxylic acids is 3. The van der Waals surface area contributed by atoms with Crippen molar-refractivity contribution in [3.05, 3.63) is 0 Å². The van der Waals surface area contributed by atoms with Gasteiger partial charge in [0.1, 0.15) is 88.5 Å². The lowest BCUT2D eigenvalue weighted by Crippen LogP contribution is -2.52. The van der Waals surface area contributed by atoms with E-state index >= 15 is 0 Å². The maximum Gasteiger partial charge on any atom is 0.303 e. The van der Waals surface area contributed by atoms with Gasteiger partial charge in [-0.1, -0.05) is 139 Å². The van der Waals surface area contributed by atoms with Crippen LogP contribution in [0.25, 0.3) is 0 Å². The first-order valence-corrected chi connectivity index (χ1v) is 37.4. The third-order valence-corrected chi connectivity index (χ3v) is 22.9. The summed E-state index contributed by atoms with van der Waals surface area (Å²) in [5.41, 5.74) is -2.08. The van der Waals surface area contributed by atoms with Crippen molar-refractivity contribution in [3.8, 4) is 0 Å². The molecule has 8 rings (SSSR count).